The third-order valence-corrected chi connectivity index (χ3v) is 6.42. The van der Waals surface area contributed by atoms with Crippen molar-refractivity contribution >= 4 is 29.1 Å². The summed E-state index contributed by atoms with van der Waals surface area (Å²) in [5, 5.41) is 6.51. The Kier molecular flexibility index (Phi) is 5.75. The van der Waals surface area contributed by atoms with Crippen LogP contribution in [-0.2, 0) is 11.2 Å². The highest BCUT2D eigenvalue weighted by Crippen LogP contribution is 2.37. The molecule has 4 rings (SSSR count). The number of carbonyl (C=O) groups is 2. The van der Waals surface area contributed by atoms with E-state index in [1.165, 1.54) is 23.9 Å². The normalized spacial score (nSPS) is 20.1. The molecule has 0 saturated carbocycles. The first-order chi connectivity index (χ1) is 14.8. The van der Waals surface area contributed by atoms with Crippen LogP contribution in [0, 0.1) is 11.7 Å². The third kappa shape index (κ3) is 4.44. The number of para-hydroxylation sites is 1. The van der Waals surface area contributed by atoms with Crippen molar-refractivity contribution in [1.82, 2.24) is 5.32 Å². The predicted molar refractivity (Wildman–Crippen MR) is 124 cm³/mol. The fourth-order valence-corrected chi connectivity index (χ4v) is 4.84. The summed E-state index contributed by atoms with van der Waals surface area (Å²) in [6.45, 7) is 3.89. The molecule has 2 unspecified atom stereocenters. The molecule has 0 radical (unpaired) electrons. The maximum absolute atomic E-state index is 13.2. The summed E-state index contributed by atoms with van der Waals surface area (Å²) in [5.41, 5.74) is 2.46. The number of Topliss-reactive ketones (excluding diaryl/α,β-unsaturated/α-hetero) is 1. The molecule has 0 spiro atoms. The summed E-state index contributed by atoms with van der Waals surface area (Å²) in [6.07, 6.45) is 6.25. The van der Waals surface area contributed by atoms with Crippen LogP contribution < -0.4 is 10.6 Å². The molecule has 0 saturated heterocycles. The van der Waals surface area contributed by atoms with E-state index in [0.717, 1.165) is 16.2 Å². The second kappa shape index (κ2) is 8.35. The number of amides is 1. The number of thioether (sulfide) groups is 1. The molecule has 0 fully saturated rings. The molecule has 1 aliphatic heterocycles. The molecule has 1 heterocycles. The van der Waals surface area contributed by atoms with Crippen LogP contribution in [0.15, 0.2) is 71.2 Å². The minimum absolute atomic E-state index is 0.0678. The fraction of sp³-hybridized carbons (Fsp3) is 0.280. The number of ketones is 1. The molecule has 0 aromatic heterocycles. The summed E-state index contributed by atoms with van der Waals surface area (Å²) >= 11 is 1.46. The maximum Gasteiger partial charge on any atom is 0.252 e. The molecule has 1 amide bonds. The first-order valence-corrected chi connectivity index (χ1v) is 11.4. The number of anilines is 1. The van der Waals surface area contributed by atoms with Gasteiger partial charge < -0.3 is 10.6 Å². The van der Waals surface area contributed by atoms with E-state index in [-0.39, 0.29) is 29.5 Å². The summed E-state index contributed by atoms with van der Waals surface area (Å²) < 4.78 is 13.2. The van der Waals surface area contributed by atoms with Crippen molar-refractivity contribution in [2.45, 2.75) is 31.8 Å². The van der Waals surface area contributed by atoms with Gasteiger partial charge in [0.15, 0.2) is 5.78 Å². The molecule has 160 valence electrons. The van der Waals surface area contributed by atoms with Crippen molar-refractivity contribution in [3.05, 3.63) is 88.1 Å². The quantitative estimate of drug-likeness (QED) is 0.711. The summed E-state index contributed by atoms with van der Waals surface area (Å²) in [7, 11) is 0. The first kappa shape index (κ1) is 21.4. The number of halogens is 1. The van der Waals surface area contributed by atoms with Crippen LogP contribution in [0.4, 0.5) is 10.1 Å². The molecular formula is C25H25FN2O2S. The number of hydrogen-bond acceptors (Lipinski definition) is 4. The number of carbonyl (C=O) groups excluding carboxylic acids is 2. The number of benzene rings is 2. The summed E-state index contributed by atoms with van der Waals surface area (Å²) in [6, 6.07) is 13.5. The van der Waals surface area contributed by atoms with Gasteiger partial charge in [-0.1, -0.05) is 30.3 Å². The lowest BCUT2D eigenvalue weighted by atomic mass is 9.81. The van der Waals surface area contributed by atoms with Crippen LogP contribution >= 0.6 is 11.8 Å². The van der Waals surface area contributed by atoms with E-state index in [9.17, 15) is 14.0 Å². The molecule has 31 heavy (non-hydrogen) atoms. The van der Waals surface area contributed by atoms with Gasteiger partial charge >= 0.3 is 0 Å². The van der Waals surface area contributed by atoms with Crippen molar-refractivity contribution in [3.8, 4) is 0 Å². The zero-order valence-corrected chi connectivity index (χ0v) is 18.6. The van der Waals surface area contributed by atoms with E-state index in [1.807, 2.05) is 56.5 Å². The van der Waals surface area contributed by atoms with Crippen LogP contribution in [-0.4, -0.2) is 29.5 Å². The Bertz CT molecular complexity index is 1090. The van der Waals surface area contributed by atoms with Gasteiger partial charge in [0.25, 0.3) is 5.91 Å². The minimum Gasteiger partial charge on any atom is -0.377 e. The molecule has 1 aliphatic carbocycles. The van der Waals surface area contributed by atoms with Crippen molar-refractivity contribution < 1.29 is 14.0 Å². The Labute approximate surface area is 186 Å². The molecular weight excluding hydrogens is 411 g/mol. The van der Waals surface area contributed by atoms with Crippen LogP contribution in [0.3, 0.4) is 0 Å². The van der Waals surface area contributed by atoms with E-state index in [2.05, 4.69) is 10.6 Å². The average molecular weight is 437 g/mol. The highest BCUT2D eigenvalue weighted by atomic mass is 32.2. The molecule has 2 aromatic carbocycles. The van der Waals surface area contributed by atoms with E-state index in [1.54, 1.807) is 12.1 Å². The third-order valence-electron chi connectivity index (χ3n) is 5.62. The Hall–Kier alpha value is -2.86. The molecule has 2 aliphatic rings. The van der Waals surface area contributed by atoms with Crippen molar-refractivity contribution in [3.63, 3.8) is 0 Å². The van der Waals surface area contributed by atoms with Crippen molar-refractivity contribution in [2.24, 2.45) is 5.92 Å². The van der Waals surface area contributed by atoms with E-state index >= 15 is 0 Å². The lowest BCUT2D eigenvalue weighted by Crippen LogP contribution is -2.47. The van der Waals surface area contributed by atoms with Crippen molar-refractivity contribution in [1.29, 1.82) is 0 Å². The topological polar surface area (TPSA) is 58.2 Å². The van der Waals surface area contributed by atoms with Gasteiger partial charge in [-0.05, 0) is 62.4 Å². The first-order valence-electron chi connectivity index (χ1n) is 10.2. The van der Waals surface area contributed by atoms with E-state index in [0.29, 0.717) is 17.6 Å². The second-order valence-corrected chi connectivity index (χ2v) is 9.41. The molecule has 2 N–H and O–H groups in total. The monoisotopic (exact) mass is 436 g/mol. The molecule has 4 nitrogen and oxygen atoms in total. The van der Waals surface area contributed by atoms with E-state index in [4.69, 9.17) is 0 Å². The Morgan fingerprint density at radius 3 is 2.55 bits per heavy atom. The Balaban J connectivity index is 1.56. The van der Waals surface area contributed by atoms with Gasteiger partial charge in [0.1, 0.15) is 5.82 Å². The van der Waals surface area contributed by atoms with Gasteiger partial charge in [-0.15, -0.1) is 11.8 Å². The molecule has 2 atom stereocenters. The summed E-state index contributed by atoms with van der Waals surface area (Å²) in [5.74, 6) is -0.725. The number of nitrogens with one attached hydrogen (secondary N) is 2. The number of fused-ring (bicyclic) bond motifs is 2. The van der Waals surface area contributed by atoms with Crippen molar-refractivity contribution in [2.75, 3.05) is 11.6 Å². The van der Waals surface area contributed by atoms with Crippen LogP contribution in [0.25, 0.3) is 0 Å². The molecule has 0 bridgehead atoms. The van der Waals surface area contributed by atoms with E-state index < -0.39 is 5.54 Å². The summed E-state index contributed by atoms with van der Waals surface area (Å²) in [4.78, 5) is 27.0. The van der Waals surface area contributed by atoms with Gasteiger partial charge in [0.2, 0.25) is 0 Å². The highest BCUT2D eigenvalue weighted by molar-refractivity contribution is 8.02. The predicted octanol–water partition coefficient (Wildman–Crippen LogP) is 4.74. The minimum atomic E-state index is -0.529. The zero-order chi connectivity index (χ0) is 22.2. The standard InChI is InChI=1S/C25H25FN2O2S/c1-25(2,14-15-8-10-16(26)11-9-15)28-24(30)19-12-21-18(13-22(19)31-3)23(29)17-6-4-5-7-20(17)27-21/h4-13,18,21,27H,14H2,1-3H3,(H,28,30). The molecule has 2 aromatic rings. The zero-order valence-electron chi connectivity index (χ0n) is 17.7. The lowest BCUT2D eigenvalue weighted by Gasteiger charge is -2.35. The van der Waals surface area contributed by atoms with Gasteiger partial charge in [0.05, 0.1) is 17.5 Å². The number of rotatable bonds is 5. The molecule has 6 heteroatoms. The largest absolute Gasteiger partial charge is 0.377 e. The maximum atomic E-state index is 13.2. The Morgan fingerprint density at radius 1 is 1.13 bits per heavy atom. The number of hydrogen-bond donors (Lipinski definition) is 2. The SMILES string of the molecule is CSC1=CC2C(=O)c3ccccc3NC2C=C1C(=O)NC(C)(C)Cc1ccc(F)cc1. The van der Waals surface area contributed by atoms with Gasteiger partial charge in [-0.25, -0.2) is 4.39 Å². The average Bonchev–Trinajstić information content (AvgIpc) is 2.74. The van der Waals surface area contributed by atoms with Crippen LogP contribution in [0.2, 0.25) is 0 Å². The highest BCUT2D eigenvalue weighted by Gasteiger charge is 2.37. The van der Waals surface area contributed by atoms with Crippen LogP contribution in [0.1, 0.15) is 29.8 Å². The fourth-order valence-electron chi connectivity index (χ4n) is 4.17. The second-order valence-electron chi connectivity index (χ2n) is 8.56. The Morgan fingerprint density at radius 2 is 1.84 bits per heavy atom. The lowest BCUT2D eigenvalue weighted by molar-refractivity contribution is -0.118. The van der Waals surface area contributed by atoms with Gasteiger partial charge in [-0.3, -0.25) is 9.59 Å². The van der Waals surface area contributed by atoms with Crippen LogP contribution in [0.5, 0.6) is 0 Å². The van der Waals surface area contributed by atoms with Gasteiger partial charge in [0, 0.05) is 21.7 Å². The van der Waals surface area contributed by atoms with Gasteiger partial charge in [-0.2, -0.15) is 0 Å². The smallest absolute Gasteiger partial charge is 0.252 e.